The van der Waals surface area contributed by atoms with E-state index in [1.54, 1.807) is 0 Å². The molecular weight excluding hydrogens is 218 g/mol. The molecule has 0 aliphatic heterocycles. The molecule has 0 saturated heterocycles. The molecule has 17 heavy (non-hydrogen) atoms. The fourth-order valence-electron chi connectivity index (χ4n) is 1.38. The van der Waals surface area contributed by atoms with Gasteiger partial charge in [0.2, 0.25) is 0 Å². The van der Waals surface area contributed by atoms with Gasteiger partial charge < -0.3 is 10.5 Å². The topological polar surface area (TPSA) is 69.4 Å². The van der Waals surface area contributed by atoms with Crippen LogP contribution >= 0.6 is 0 Å². The SMILES string of the molecule is Cc1ccc(CC(=O)O[C@@H](C)C(N)=O)cc1C. The van der Waals surface area contributed by atoms with Gasteiger partial charge >= 0.3 is 5.97 Å². The van der Waals surface area contributed by atoms with E-state index in [0.29, 0.717) is 0 Å². The zero-order valence-electron chi connectivity index (χ0n) is 10.3. The highest BCUT2D eigenvalue weighted by Crippen LogP contribution is 2.11. The molecule has 92 valence electrons. The van der Waals surface area contributed by atoms with Gasteiger partial charge in [0, 0.05) is 0 Å². The van der Waals surface area contributed by atoms with Crippen molar-refractivity contribution >= 4 is 11.9 Å². The fraction of sp³-hybridized carbons (Fsp3) is 0.385. The van der Waals surface area contributed by atoms with Crippen molar-refractivity contribution in [2.24, 2.45) is 5.73 Å². The Hall–Kier alpha value is -1.84. The number of amides is 1. The molecule has 0 saturated carbocycles. The molecule has 0 aliphatic rings. The Bertz CT molecular complexity index is 440. The van der Waals surface area contributed by atoms with Crippen molar-refractivity contribution in [1.82, 2.24) is 0 Å². The van der Waals surface area contributed by atoms with Gasteiger partial charge in [0.25, 0.3) is 5.91 Å². The third-order valence-electron chi connectivity index (χ3n) is 2.63. The molecule has 0 aromatic heterocycles. The second-order valence-corrected chi connectivity index (χ2v) is 4.13. The van der Waals surface area contributed by atoms with Crippen LogP contribution in [0.25, 0.3) is 0 Å². The molecule has 0 bridgehead atoms. The first-order valence-electron chi connectivity index (χ1n) is 5.45. The number of aryl methyl sites for hydroxylation is 2. The third kappa shape index (κ3) is 3.90. The van der Waals surface area contributed by atoms with E-state index in [1.165, 1.54) is 12.5 Å². The van der Waals surface area contributed by atoms with Crippen LogP contribution in [0.3, 0.4) is 0 Å². The molecular formula is C13H17NO3. The Kier molecular flexibility index (Phi) is 4.26. The van der Waals surface area contributed by atoms with Gasteiger partial charge in [-0.15, -0.1) is 0 Å². The van der Waals surface area contributed by atoms with Crippen LogP contribution in [0.4, 0.5) is 0 Å². The van der Waals surface area contributed by atoms with E-state index < -0.39 is 18.0 Å². The lowest BCUT2D eigenvalue weighted by Crippen LogP contribution is -2.30. The number of ether oxygens (including phenoxy) is 1. The van der Waals surface area contributed by atoms with Gasteiger partial charge in [-0.3, -0.25) is 9.59 Å². The Morgan fingerprint density at radius 3 is 2.47 bits per heavy atom. The molecule has 0 heterocycles. The molecule has 0 radical (unpaired) electrons. The van der Waals surface area contributed by atoms with Gasteiger partial charge in [0.05, 0.1) is 6.42 Å². The third-order valence-corrected chi connectivity index (χ3v) is 2.63. The summed E-state index contributed by atoms with van der Waals surface area (Å²) >= 11 is 0. The van der Waals surface area contributed by atoms with Crippen molar-refractivity contribution in [3.63, 3.8) is 0 Å². The van der Waals surface area contributed by atoms with Crippen molar-refractivity contribution < 1.29 is 14.3 Å². The minimum absolute atomic E-state index is 0.152. The van der Waals surface area contributed by atoms with Crippen molar-refractivity contribution in [2.75, 3.05) is 0 Å². The van der Waals surface area contributed by atoms with Crippen LogP contribution in [-0.4, -0.2) is 18.0 Å². The number of carbonyl (C=O) groups is 2. The summed E-state index contributed by atoms with van der Waals surface area (Å²) in [4.78, 5) is 22.2. The number of carbonyl (C=O) groups excluding carboxylic acids is 2. The molecule has 0 spiro atoms. The molecule has 1 amide bonds. The van der Waals surface area contributed by atoms with Crippen LogP contribution in [0.2, 0.25) is 0 Å². The molecule has 4 nitrogen and oxygen atoms in total. The molecule has 0 aliphatic carbocycles. The Labute approximate surface area is 101 Å². The summed E-state index contributed by atoms with van der Waals surface area (Å²) in [7, 11) is 0. The fourth-order valence-corrected chi connectivity index (χ4v) is 1.38. The first-order chi connectivity index (χ1) is 7.90. The predicted octanol–water partition coefficient (Wildman–Crippen LogP) is 1.26. The number of hydrogen-bond donors (Lipinski definition) is 1. The summed E-state index contributed by atoms with van der Waals surface area (Å²) in [6, 6.07) is 5.76. The Morgan fingerprint density at radius 2 is 1.94 bits per heavy atom. The van der Waals surface area contributed by atoms with Gasteiger partial charge in [-0.1, -0.05) is 18.2 Å². The van der Waals surface area contributed by atoms with E-state index in [1.807, 2.05) is 32.0 Å². The van der Waals surface area contributed by atoms with Gasteiger partial charge in [-0.2, -0.15) is 0 Å². The molecule has 1 rings (SSSR count). The zero-order chi connectivity index (χ0) is 13.0. The van der Waals surface area contributed by atoms with Gasteiger partial charge in [0.15, 0.2) is 6.10 Å². The van der Waals surface area contributed by atoms with Crippen LogP contribution in [0.15, 0.2) is 18.2 Å². The molecule has 1 aromatic carbocycles. The zero-order valence-corrected chi connectivity index (χ0v) is 10.3. The molecule has 0 fully saturated rings. The van der Waals surface area contributed by atoms with Gasteiger partial charge in [-0.25, -0.2) is 0 Å². The van der Waals surface area contributed by atoms with Crippen LogP contribution < -0.4 is 5.73 Å². The number of nitrogens with two attached hydrogens (primary N) is 1. The van der Waals surface area contributed by atoms with Crippen LogP contribution in [0, 0.1) is 13.8 Å². The quantitative estimate of drug-likeness (QED) is 0.799. The minimum atomic E-state index is -0.881. The maximum atomic E-state index is 11.5. The molecule has 1 atom stereocenters. The van der Waals surface area contributed by atoms with E-state index in [4.69, 9.17) is 10.5 Å². The summed E-state index contributed by atoms with van der Waals surface area (Å²) in [5, 5.41) is 0. The number of hydrogen-bond acceptors (Lipinski definition) is 3. The second kappa shape index (κ2) is 5.48. The summed E-state index contributed by atoms with van der Waals surface area (Å²) < 4.78 is 4.87. The van der Waals surface area contributed by atoms with Crippen molar-refractivity contribution in [2.45, 2.75) is 33.3 Å². The monoisotopic (exact) mass is 235 g/mol. The predicted molar refractivity (Wildman–Crippen MR) is 64.4 cm³/mol. The van der Waals surface area contributed by atoms with Crippen LogP contribution in [0.5, 0.6) is 0 Å². The average Bonchev–Trinajstić information content (AvgIpc) is 2.23. The Morgan fingerprint density at radius 1 is 1.29 bits per heavy atom. The number of rotatable bonds is 4. The lowest BCUT2D eigenvalue weighted by molar-refractivity contribution is -0.153. The highest BCUT2D eigenvalue weighted by Gasteiger charge is 2.14. The first kappa shape index (κ1) is 13.2. The second-order valence-electron chi connectivity index (χ2n) is 4.13. The van der Waals surface area contributed by atoms with Crippen LogP contribution in [-0.2, 0) is 20.7 Å². The Balaban J connectivity index is 2.62. The maximum Gasteiger partial charge on any atom is 0.311 e. The largest absolute Gasteiger partial charge is 0.452 e. The van der Waals surface area contributed by atoms with Gasteiger partial charge in [0.1, 0.15) is 0 Å². The molecule has 4 heteroatoms. The standard InChI is InChI=1S/C13H17NO3/c1-8-4-5-11(6-9(8)2)7-12(15)17-10(3)13(14)16/h4-6,10H,7H2,1-3H3,(H2,14,16)/t10-/m0/s1. The van der Waals surface area contributed by atoms with E-state index >= 15 is 0 Å². The van der Waals surface area contributed by atoms with Crippen LogP contribution in [0.1, 0.15) is 23.6 Å². The molecule has 1 aromatic rings. The number of primary amides is 1. The van der Waals surface area contributed by atoms with Crippen molar-refractivity contribution in [1.29, 1.82) is 0 Å². The maximum absolute atomic E-state index is 11.5. The lowest BCUT2D eigenvalue weighted by atomic mass is 10.0. The smallest absolute Gasteiger partial charge is 0.311 e. The first-order valence-corrected chi connectivity index (χ1v) is 5.45. The summed E-state index contributed by atoms with van der Waals surface area (Å²) in [5.74, 6) is -1.09. The number of benzene rings is 1. The van der Waals surface area contributed by atoms with Gasteiger partial charge in [-0.05, 0) is 37.5 Å². The van der Waals surface area contributed by atoms with E-state index in [2.05, 4.69) is 0 Å². The summed E-state index contributed by atoms with van der Waals surface area (Å²) in [5.41, 5.74) is 8.17. The minimum Gasteiger partial charge on any atom is -0.452 e. The molecule has 0 unspecified atom stereocenters. The summed E-state index contributed by atoms with van der Waals surface area (Å²) in [6.45, 7) is 5.45. The van der Waals surface area contributed by atoms with E-state index in [-0.39, 0.29) is 6.42 Å². The number of esters is 1. The van der Waals surface area contributed by atoms with Crippen molar-refractivity contribution in [3.8, 4) is 0 Å². The normalized spacial score (nSPS) is 11.9. The van der Waals surface area contributed by atoms with Crippen molar-refractivity contribution in [3.05, 3.63) is 34.9 Å². The summed E-state index contributed by atoms with van der Waals surface area (Å²) in [6.07, 6.45) is -0.729. The van der Waals surface area contributed by atoms with E-state index in [0.717, 1.165) is 11.1 Å². The lowest BCUT2D eigenvalue weighted by Gasteiger charge is -2.10. The highest BCUT2D eigenvalue weighted by atomic mass is 16.5. The highest BCUT2D eigenvalue weighted by molar-refractivity contribution is 5.82. The average molecular weight is 235 g/mol. The van der Waals surface area contributed by atoms with E-state index in [9.17, 15) is 9.59 Å². The molecule has 2 N–H and O–H groups in total.